The van der Waals surface area contributed by atoms with Crippen molar-refractivity contribution in [2.24, 2.45) is 0 Å². The Hall–Kier alpha value is -2.68. The van der Waals surface area contributed by atoms with Crippen LogP contribution in [0.3, 0.4) is 0 Å². The molecule has 0 bridgehead atoms. The quantitative estimate of drug-likeness (QED) is 0.541. The normalized spacial score (nSPS) is 10.8. The van der Waals surface area contributed by atoms with E-state index in [-0.39, 0.29) is 24.7 Å². The molecule has 0 amide bonds. The molecule has 0 aliphatic heterocycles. The minimum Gasteiger partial charge on any atom is -0.481 e. The van der Waals surface area contributed by atoms with E-state index in [0.717, 1.165) is 10.7 Å². The number of nitrogens with one attached hydrogen (secondary N) is 2. The summed E-state index contributed by atoms with van der Waals surface area (Å²) in [5.41, 5.74) is -0.0375. The van der Waals surface area contributed by atoms with Crippen molar-refractivity contribution in [2.45, 2.75) is 19.8 Å². The number of nitrogens with zero attached hydrogens (tertiary/aromatic N) is 2. The zero-order chi connectivity index (χ0) is 15.6. The molecular formula is C12H14N4O5. The molecule has 2 aromatic rings. The molecule has 0 saturated heterocycles. The minimum absolute atomic E-state index is 0.0455. The van der Waals surface area contributed by atoms with Crippen LogP contribution >= 0.6 is 0 Å². The molecule has 0 aliphatic carbocycles. The van der Waals surface area contributed by atoms with E-state index in [4.69, 9.17) is 10.2 Å². The van der Waals surface area contributed by atoms with Gasteiger partial charge in [-0.05, 0) is 6.92 Å². The Kier molecular flexibility index (Phi) is 4.03. The highest BCUT2D eigenvalue weighted by molar-refractivity contribution is 5.69. The van der Waals surface area contributed by atoms with Gasteiger partial charge in [0.1, 0.15) is 0 Å². The monoisotopic (exact) mass is 294 g/mol. The lowest BCUT2D eigenvalue weighted by atomic mass is 10.2. The number of carboxylic acids is 1. The van der Waals surface area contributed by atoms with Gasteiger partial charge in [-0.3, -0.25) is 24.5 Å². The molecule has 9 heteroatoms. The van der Waals surface area contributed by atoms with Gasteiger partial charge < -0.3 is 10.2 Å². The van der Waals surface area contributed by atoms with Crippen molar-refractivity contribution < 1.29 is 15.0 Å². The maximum absolute atomic E-state index is 12.2. The van der Waals surface area contributed by atoms with Gasteiger partial charge in [-0.15, -0.1) is 0 Å². The number of aromatic amines is 2. The third-order valence-electron chi connectivity index (χ3n) is 2.88. The van der Waals surface area contributed by atoms with Gasteiger partial charge in [0.25, 0.3) is 11.1 Å². The maximum Gasteiger partial charge on any atom is 0.309 e. The van der Waals surface area contributed by atoms with Gasteiger partial charge in [-0.25, -0.2) is 4.98 Å². The van der Waals surface area contributed by atoms with Gasteiger partial charge in [0.05, 0.1) is 12.1 Å². The minimum atomic E-state index is -1.13. The summed E-state index contributed by atoms with van der Waals surface area (Å²) in [4.78, 5) is 40.7. The fraction of sp³-hybridized carbons (Fsp3) is 0.333. The molecule has 4 N–H and O–H groups in total. The fourth-order valence-corrected chi connectivity index (χ4v) is 1.98. The van der Waals surface area contributed by atoms with Crippen LogP contribution < -0.4 is 11.1 Å². The van der Waals surface area contributed by atoms with Crippen LogP contribution in [0.4, 0.5) is 0 Å². The molecule has 2 rings (SSSR count). The number of aliphatic hydroxyl groups is 1. The van der Waals surface area contributed by atoms with Crippen molar-refractivity contribution in [3.63, 3.8) is 0 Å². The van der Waals surface area contributed by atoms with Crippen molar-refractivity contribution in [1.29, 1.82) is 0 Å². The SMILES string of the molecule is Cc1[nH]n(-c2nc(CC(=O)O)cc(=O)[nH]2)c(=O)c1CCO. The predicted octanol–water partition coefficient (Wildman–Crippen LogP) is -1.28. The number of hydrogen-bond acceptors (Lipinski definition) is 5. The van der Waals surface area contributed by atoms with Crippen molar-refractivity contribution in [3.05, 3.63) is 43.7 Å². The number of hydrogen-bond donors (Lipinski definition) is 4. The molecule has 0 atom stereocenters. The number of carbonyl (C=O) groups is 1. The highest BCUT2D eigenvalue weighted by atomic mass is 16.4. The van der Waals surface area contributed by atoms with Gasteiger partial charge >= 0.3 is 5.97 Å². The first-order valence-corrected chi connectivity index (χ1v) is 6.16. The molecule has 0 aliphatic rings. The molecule has 2 heterocycles. The largest absolute Gasteiger partial charge is 0.481 e. The molecule has 0 fully saturated rings. The molecule has 0 unspecified atom stereocenters. The summed E-state index contributed by atoms with van der Waals surface area (Å²) >= 11 is 0. The third-order valence-corrected chi connectivity index (χ3v) is 2.88. The number of carboxylic acid groups (broad SMARTS) is 1. The van der Waals surface area contributed by atoms with Crippen LogP contribution in [0.25, 0.3) is 5.95 Å². The molecule has 0 aromatic carbocycles. The van der Waals surface area contributed by atoms with E-state index in [2.05, 4.69) is 15.1 Å². The van der Waals surface area contributed by atoms with E-state index >= 15 is 0 Å². The third kappa shape index (κ3) is 3.08. The molecule has 9 nitrogen and oxygen atoms in total. The standard InChI is InChI=1S/C12H14N4O5/c1-6-8(2-3-17)11(21)16(15-6)12-13-7(5-10(19)20)4-9(18)14-12/h4,15,17H,2-3,5H2,1H3,(H,19,20)(H,13,14,18). The number of H-pyrrole nitrogens is 2. The van der Waals surface area contributed by atoms with E-state index < -0.39 is 23.5 Å². The second-order valence-corrected chi connectivity index (χ2v) is 4.46. The highest BCUT2D eigenvalue weighted by Crippen LogP contribution is 2.03. The number of aliphatic carboxylic acids is 1. The molecule has 2 aromatic heterocycles. The summed E-state index contributed by atoms with van der Waals surface area (Å²) in [5.74, 6) is -1.22. The number of aromatic nitrogens is 4. The lowest BCUT2D eigenvalue weighted by Gasteiger charge is -2.02. The summed E-state index contributed by atoms with van der Waals surface area (Å²) in [6.07, 6.45) is -0.248. The van der Waals surface area contributed by atoms with Gasteiger partial charge in [-0.2, -0.15) is 4.68 Å². The highest BCUT2D eigenvalue weighted by Gasteiger charge is 2.14. The average Bonchev–Trinajstić information content (AvgIpc) is 2.65. The van der Waals surface area contributed by atoms with Gasteiger partial charge in [0.2, 0.25) is 5.95 Å². The Balaban J connectivity index is 2.54. The Bertz CT molecular complexity index is 786. The molecule has 112 valence electrons. The topological polar surface area (TPSA) is 141 Å². The first-order valence-electron chi connectivity index (χ1n) is 6.16. The van der Waals surface area contributed by atoms with Crippen LogP contribution in [0.2, 0.25) is 0 Å². The van der Waals surface area contributed by atoms with Crippen LogP contribution in [-0.2, 0) is 17.6 Å². The number of aliphatic hydroxyl groups excluding tert-OH is 1. The van der Waals surface area contributed by atoms with E-state index in [1.165, 1.54) is 0 Å². The number of aryl methyl sites for hydroxylation is 1. The summed E-state index contributed by atoms with van der Waals surface area (Å²) < 4.78 is 1.02. The van der Waals surface area contributed by atoms with Crippen LogP contribution in [-0.4, -0.2) is 42.5 Å². The summed E-state index contributed by atoms with van der Waals surface area (Å²) in [7, 11) is 0. The first kappa shape index (κ1) is 14.7. The van der Waals surface area contributed by atoms with E-state index in [9.17, 15) is 14.4 Å². The smallest absolute Gasteiger partial charge is 0.309 e. The van der Waals surface area contributed by atoms with Crippen LogP contribution in [0, 0.1) is 6.92 Å². The second kappa shape index (κ2) is 5.75. The van der Waals surface area contributed by atoms with E-state index in [0.29, 0.717) is 11.3 Å². The lowest BCUT2D eigenvalue weighted by molar-refractivity contribution is -0.136. The van der Waals surface area contributed by atoms with Crippen molar-refractivity contribution >= 4 is 5.97 Å². The zero-order valence-corrected chi connectivity index (χ0v) is 11.2. The Morgan fingerprint density at radius 1 is 1.43 bits per heavy atom. The maximum atomic E-state index is 12.2. The first-order chi connectivity index (χ1) is 9.92. The molecule has 21 heavy (non-hydrogen) atoms. The average molecular weight is 294 g/mol. The van der Waals surface area contributed by atoms with Crippen molar-refractivity contribution in [2.75, 3.05) is 6.61 Å². The Morgan fingerprint density at radius 3 is 2.76 bits per heavy atom. The Morgan fingerprint density at radius 2 is 2.14 bits per heavy atom. The summed E-state index contributed by atoms with van der Waals surface area (Å²) in [6.45, 7) is 1.47. The Labute approximate surface area is 117 Å². The van der Waals surface area contributed by atoms with Crippen LogP contribution in [0.15, 0.2) is 15.7 Å². The van der Waals surface area contributed by atoms with Gasteiger partial charge in [0, 0.05) is 30.4 Å². The molecular weight excluding hydrogens is 280 g/mol. The summed E-state index contributed by atoms with van der Waals surface area (Å²) in [5, 5.41) is 20.4. The predicted molar refractivity (Wildman–Crippen MR) is 71.7 cm³/mol. The van der Waals surface area contributed by atoms with E-state index in [1.807, 2.05) is 0 Å². The molecule has 0 radical (unpaired) electrons. The van der Waals surface area contributed by atoms with Crippen molar-refractivity contribution in [3.8, 4) is 5.95 Å². The second-order valence-electron chi connectivity index (χ2n) is 4.46. The van der Waals surface area contributed by atoms with E-state index in [1.54, 1.807) is 6.92 Å². The lowest BCUT2D eigenvalue weighted by Crippen LogP contribution is -2.24. The van der Waals surface area contributed by atoms with Gasteiger partial charge in [-0.1, -0.05) is 0 Å². The van der Waals surface area contributed by atoms with Crippen molar-refractivity contribution in [1.82, 2.24) is 19.7 Å². The van der Waals surface area contributed by atoms with Crippen LogP contribution in [0.1, 0.15) is 17.0 Å². The summed E-state index contributed by atoms with van der Waals surface area (Å²) in [6, 6.07) is 1.06. The molecule has 0 saturated carbocycles. The van der Waals surface area contributed by atoms with Gasteiger partial charge in [0.15, 0.2) is 0 Å². The van der Waals surface area contributed by atoms with Crippen LogP contribution in [0.5, 0.6) is 0 Å². The number of rotatable bonds is 5. The zero-order valence-electron chi connectivity index (χ0n) is 11.2. The molecule has 0 spiro atoms. The fourth-order valence-electron chi connectivity index (χ4n) is 1.98.